The van der Waals surface area contributed by atoms with Gasteiger partial charge in [0.2, 0.25) is 0 Å². The third-order valence-electron chi connectivity index (χ3n) is 3.20. The van der Waals surface area contributed by atoms with Gasteiger partial charge in [0.1, 0.15) is 0 Å². The number of rotatable bonds is 4. The zero-order valence-electron chi connectivity index (χ0n) is 11.6. The highest BCUT2D eigenvalue weighted by Crippen LogP contribution is 2.36. The molecule has 0 heterocycles. The molecule has 0 aromatic heterocycles. The van der Waals surface area contributed by atoms with Crippen LogP contribution in [-0.4, -0.2) is 18.2 Å². The standard InChI is InChI=1S/C16H19NO2/c1-4-17-16(19)14-13(9-10(2)3)11-7-5-6-8-12(11)15(14)18/h5-8,10H,4,9H2,1-3H3,(H,17,19). The number of carbonyl (C=O) groups is 2. The van der Waals surface area contributed by atoms with Crippen LogP contribution in [0, 0.1) is 5.92 Å². The molecule has 0 saturated heterocycles. The number of Topliss-reactive ketones (excluding diaryl/α,β-unsaturated/α-hetero) is 1. The predicted molar refractivity (Wildman–Crippen MR) is 75.8 cm³/mol. The summed E-state index contributed by atoms with van der Waals surface area (Å²) in [4.78, 5) is 24.5. The first-order chi connectivity index (χ1) is 9.06. The van der Waals surface area contributed by atoms with Crippen LogP contribution in [0.25, 0.3) is 5.57 Å². The van der Waals surface area contributed by atoms with Gasteiger partial charge in [-0.3, -0.25) is 9.59 Å². The van der Waals surface area contributed by atoms with Crippen molar-refractivity contribution in [1.82, 2.24) is 5.32 Å². The first-order valence-electron chi connectivity index (χ1n) is 6.71. The van der Waals surface area contributed by atoms with Gasteiger partial charge in [-0.1, -0.05) is 38.1 Å². The third-order valence-corrected chi connectivity index (χ3v) is 3.20. The first kappa shape index (κ1) is 13.5. The number of benzene rings is 1. The minimum absolute atomic E-state index is 0.141. The number of amides is 1. The molecule has 1 aromatic carbocycles. The van der Waals surface area contributed by atoms with Gasteiger partial charge in [-0.25, -0.2) is 0 Å². The summed E-state index contributed by atoms with van der Waals surface area (Å²) < 4.78 is 0. The summed E-state index contributed by atoms with van der Waals surface area (Å²) in [5.74, 6) is 0.00920. The minimum Gasteiger partial charge on any atom is -0.352 e. The summed E-state index contributed by atoms with van der Waals surface area (Å²) in [6.07, 6.45) is 0.745. The van der Waals surface area contributed by atoms with Crippen molar-refractivity contribution in [2.75, 3.05) is 6.54 Å². The van der Waals surface area contributed by atoms with E-state index in [0.29, 0.717) is 23.6 Å². The van der Waals surface area contributed by atoms with Crippen molar-refractivity contribution in [2.45, 2.75) is 27.2 Å². The van der Waals surface area contributed by atoms with E-state index in [2.05, 4.69) is 19.2 Å². The second kappa shape index (κ2) is 5.39. The molecule has 3 heteroatoms. The third kappa shape index (κ3) is 2.46. The molecular formula is C16H19NO2. The molecule has 1 aliphatic carbocycles. The lowest BCUT2D eigenvalue weighted by Crippen LogP contribution is -2.27. The normalized spacial score (nSPS) is 14.0. The molecule has 1 aromatic rings. The van der Waals surface area contributed by atoms with E-state index in [1.54, 1.807) is 6.07 Å². The van der Waals surface area contributed by atoms with Crippen molar-refractivity contribution in [3.8, 4) is 0 Å². The smallest absolute Gasteiger partial charge is 0.255 e. The predicted octanol–water partition coefficient (Wildman–Crippen LogP) is 2.82. The first-order valence-corrected chi connectivity index (χ1v) is 6.71. The van der Waals surface area contributed by atoms with Crippen LogP contribution in [0.2, 0.25) is 0 Å². The van der Waals surface area contributed by atoms with Crippen molar-refractivity contribution in [3.63, 3.8) is 0 Å². The van der Waals surface area contributed by atoms with Crippen LogP contribution in [0.1, 0.15) is 43.1 Å². The summed E-state index contributed by atoms with van der Waals surface area (Å²) in [6.45, 7) is 6.57. The molecule has 2 rings (SSSR count). The molecule has 19 heavy (non-hydrogen) atoms. The number of likely N-dealkylation sites (N-methyl/N-ethyl adjacent to an activating group) is 1. The Morgan fingerprint density at radius 2 is 1.84 bits per heavy atom. The van der Waals surface area contributed by atoms with Gasteiger partial charge in [-0.15, -0.1) is 0 Å². The quantitative estimate of drug-likeness (QED) is 0.843. The Kier molecular flexibility index (Phi) is 3.84. The Hall–Kier alpha value is -1.90. The Morgan fingerprint density at radius 1 is 1.21 bits per heavy atom. The van der Waals surface area contributed by atoms with Crippen molar-refractivity contribution in [3.05, 3.63) is 41.0 Å². The fraction of sp³-hybridized carbons (Fsp3) is 0.375. The monoisotopic (exact) mass is 257 g/mol. The molecule has 0 aliphatic heterocycles. The van der Waals surface area contributed by atoms with Crippen LogP contribution in [0.3, 0.4) is 0 Å². The van der Waals surface area contributed by atoms with Gasteiger partial charge in [0.05, 0.1) is 5.57 Å². The van der Waals surface area contributed by atoms with Gasteiger partial charge in [0.15, 0.2) is 5.78 Å². The van der Waals surface area contributed by atoms with E-state index < -0.39 is 0 Å². The van der Waals surface area contributed by atoms with E-state index in [4.69, 9.17) is 0 Å². The second-order valence-corrected chi connectivity index (χ2v) is 5.19. The van der Waals surface area contributed by atoms with E-state index in [1.165, 1.54) is 0 Å². The topological polar surface area (TPSA) is 46.2 Å². The van der Waals surface area contributed by atoms with E-state index in [9.17, 15) is 9.59 Å². The van der Waals surface area contributed by atoms with E-state index in [0.717, 1.165) is 17.6 Å². The molecule has 0 unspecified atom stereocenters. The van der Waals surface area contributed by atoms with Gasteiger partial charge >= 0.3 is 0 Å². The minimum atomic E-state index is -0.251. The van der Waals surface area contributed by atoms with Gasteiger partial charge in [0.25, 0.3) is 5.91 Å². The molecule has 0 bridgehead atoms. The van der Waals surface area contributed by atoms with E-state index in [-0.39, 0.29) is 11.7 Å². The highest BCUT2D eigenvalue weighted by Gasteiger charge is 2.33. The van der Waals surface area contributed by atoms with Gasteiger partial charge in [-0.05, 0) is 30.4 Å². The average Bonchev–Trinajstić information content (AvgIpc) is 2.63. The maximum absolute atomic E-state index is 12.4. The Balaban J connectivity index is 2.52. The summed E-state index contributed by atoms with van der Waals surface area (Å²) >= 11 is 0. The summed E-state index contributed by atoms with van der Waals surface area (Å²) in [6, 6.07) is 7.47. The molecular weight excluding hydrogens is 238 g/mol. The Labute approximate surface area is 113 Å². The summed E-state index contributed by atoms with van der Waals surface area (Å²) in [5.41, 5.74) is 2.79. The van der Waals surface area contributed by atoms with Crippen LogP contribution >= 0.6 is 0 Å². The zero-order chi connectivity index (χ0) is 14.0. The number of hydrogen-bond donors (Lipinski definition) is 1. The SMILES string of the molecule is CCNC(=O)C1=C(CC(C)C)c2ccccc2C1=O. The molecule has 1 amide bonds. The summed E-state index contributed by atoms with van der Waals surface area (Å²) in [7, 11) is 0. The maximum atomic E-state index is 12.4. The molecule has 0 spiro atoms. The number of nitrogens with one attached hydrogen (secondary N) is 1. The lowest BCUT2D eigenvalue weighted by atomic mass is 9.96. The lowest BCUT2D eigenvalue weighted by molar-refractivity contribution is -0.117. The van der Waals surface area contributed by atoms with Gasteiger partial charge in [-0.2, -0.15) is 0 Å². The van der Waals surface area contributed by atoms with Crippen molar-refractivity contribution in [2.24, 2.45) is 5.92 Å². The highest BCUT2D eigenvalue weighted by molar-refractivity contribution is 6.34. The van der Waals surface area contributed by atoms with Crippen LogP contribution in [0.5, 0.6) is 0 Å². The Bertz CT molecular complexity index is 556. The maximum Gasteiger partial charge on any atom is 0.255 e. The summed E-state index contributed by atoms with van der Waals surface area (Å²) in [5, 5.41) is 2.74. The molecule has 0 fully saturated rings. The lowest BCUT2D eigenvalue weighted by Gasteiger charge is -2.10. The highest BCUT2D eigenvalue weighted by atomic mass is 16.2. The molecule has 0 saturated carbocycles. The van der Waals surface area contributed by atoms with Crippen LogP contribution in [0.15, 0.2) is 29.8 Å². The van der Waals surface area contributed by atoms with Crippen molar-refractivity contribution < 1.29 is 9.59 Å². The number of carbonyl (C=O) groups excluding carboxylic acids is 2. The number of ketones is 1. The second-order valence-electron chi connectivity index (χ2n) is 5.19. The van der Waals surface area contributed by atoms with E-state index in [1.807, 2.05) is 25.1 Å². The molecule has 0 atom stereocenters. The Morgan fingerprint density at radius 3 is 2.42 bits per heavy atom. The van der Waals surface area contributed by atoms with Crippen molar-refractivity contribution in [1.29, 1.82) is 0 Å². The fourth-order valence-electron chi connectivity index (χ4n) is 2.46. The zero-order valence-corrected chi connectivity index (χ0v) is 11.6. The van der Waals surface area contributed by atoms with Crippen LogP contribution in [0.4, 0.5) is 0 Å². The average molecular weight is 257 g/mol. The van der Waals surface area contributed by atoms with Crippen molar-refractivity contribution >= 4 is 17.3 Å². The molecule has 1 aliphatic rings. The molecule has 100 valence electrons. The van der Waals surface area contributed by atoms with Crippen LogP contribution < -0.4 is 5.32 Å². The molecule has 3 nitrogen and oxygen atoms in total. The van der Waals surface area contributed by atoms with Crippen LogP contribution in [-0.2, 0) is 4.79 Å². The fourth-order valence-corrected chi connectivity index (χ4v) is 2.46. The number of fused-ring (bicyclic) bond motifs is 1. The van der Waals surface area contributed by atoms with Gasteiger partial charge in [0, 0.05) is 12.1 Å². The molecule has 0 radical (unpaired) electrons. The largest absolute Gasteiger partial charge is 0.352 e. The molecule has 1 N–H and O–H groups in total. The van der Waals surface area contributed by atoms with E-state index >= 15 is 0 Å². The number of allylic oxidation sites excluding steroid dienone is 1. The van der Waals surface area contributed by atoms with Gasteiger partial charge < -0.3 is 5.32 Å². The number of hydrogen-bond acceptors (Lipinski definition) is 2.